The Morgan fingerprint density at radius 2 is 1.94 bits per heavy atom. The quantitative estimate of drug-likeness (QED) is 0.763. The van der Waals surface area contributed by atoms with Gasteiger partial charge in [-0.25, -0.2) is 0 Å². The van der Waals surface area contributed by atoms with Gasteiger partial charge in [0.2, 0.25) is 0 Å². The van der Waals surface area contributed by atoms with Crippen molar-refractivity contribution in [3.05, 3.63) is 59.7 Å². The summed E-state index contributed by atoms with van der Waals surface area (Å²) in [5, 5.41) is 8.88. The number of phenolic OH excluding ortho intramolecular Hbond substituents is 1. The van der Waals surface area contributed by atoms with E-state index >= 15 is 0 Å². The Kier molecular flexibility index (Phi) is 3.40. The maximum Gasteiger partial charge on any atom is 0.153 e. The highest BCUT2D eigenvalue weighted by molar-refractivity contribution is 5.78. The van der Waals surface area contributed by atoms with E-state index in [1.807, 2.05) is 12.1 Å². The Hall–Kier alpha value is -2.29. The smallest absolute Gasteiger partial charge is 0.153 e. The number of aldehydes is 1. The van der Waals surface area contributed by atoms with Crippen LogP contribution in [0.5, 0.6) is 11.5 Å². The molecule has 1 N–H and O–H groups in total. The van der Waals surface area contributed by atoms with Crippen LogP contribution in [0.4, 0.5) is 0 Å². The lowest BCUT2D eigenvalue weighted by Gasteiger charge is -1.91. The zero-order valence-corrected chi connectivity index (χ0v) is 9.17. The van der Waals surface area contributed by atoms with Gasteiger partial charge in [0.05, 0.1) is 5.56 Å². The molecule has 2 bridgehead atoms. The summed E-state index contributed by atoms with van der Waals surface area (Å²) < 4.78 is 5.18. The van der Waals surface area contributed by atoms with Crippen molar-refractivity contribution < 1.29 is 14.6 Å². The van der Waals surface area contributed by atoms with Gasteiger partial charge in [0.25, 0.3) is 0 Å². The first-order chi connectivity index (χ1) is 8.29. The van der Waals surface area contributed by atoms with Crippen LogP contribution in [-0.2, 0) is 6.61 Å². The van der Waals surface area contributed by atoms with Crippen molar-refractivity contribution in [2.24, 2.45) is 0 Å². The van der Waals surface area contributed by atoms with Crippen LogP contribution in [0.15, 0.2) is 48.5 Å². The second kappa shape index (κ2) is 5.16. The van der Waals surface area contributed by atoms with Crippen LogP contribution < -0.4 is 4.74 Å². The third-order valence-corrected chi connectivity index (χ3v) is 2.37. The molecule has 2 aromatic rings. The van der Waals surface area contributed by atoms with Gasteiger partial charge in [-0.2, -0.15) is 0 Å². The molecule has 3 nitrogen and oxygen atoms in total. The Bertz CT molecular complexity index is 501. The van der Waals surface area contributed by atoms with Crippen LogP contribution >= 0.6 is 0 Å². The minimum absolute atomic E-state index is 0.0347. The predicted molar refractivity (Wildman–Crippen MR) is 64.3 cm³/mol. The number of carbonyl (C=O) groups is 1. The monoisotopic (exact) mass is 228 g/mol. The third kappa shape index (κ3) is 2.84. The van der Waals surface area contributed by atoms with Gasteiger partial charge in [0.1, 0.15) is 18.1 Å². The minimum atomic E-state index is 0.0347. The average molecular weight is 228 g/mol. The van der Waals surface area contributed by atoms with E-state index in [1.54, 1.807) is 18.2 Å². The van der Waals surface area contributed by atoms with Gasteiger partial charge in [0, 0.05) is 0 Å². The average Bonchev–Trinajstić information content (AvgIpc) is 2.70. The molecular formula is C14H12O3. The van der Waals surface area contributed by atoms with Crippen LogP contribution in [-0.4, -0.2) is 11.4 Å². The summed E-state index contributed by atoms with van der Waals surface area (Å²) in [6.07, 6.45) is 0.620. The summed E-state index contributed by atoms with van der Waals surface area (Å²) in [5.74, 6) is 1.04. The SMILES string of the molecule is O=Cc1ccccc1O.c1cc2cc(c1)OC2. The molecule has 3 rings (SSSR count). The highest BCUT2D eigenvalue weighted by Gasteiger charge is 2.03. The summed E-state index contributed by atoms with van der Waals surface area (Å²) in [6, 6.07) is 14.5. The number of phenols is 1. The second-order valence-corrected chi connectivity index (χ2v) is 3.61. The van der Waals surface area contributed by atoms with Crippen molar-refractivity contribution in [3.8, 4) is 11.5 Å². The molecule has 0 amide bonds. The zero-order valence-electron chi connectivity index (χ0n) is 9.17. The molecule has 1 aliphatic heterocycles. The molecule has 1 aliphatic rings. The summed E-state index contributed by atoms with van der Waals surface area (Å²) >= 11 is 0. The van der Waals surface area contributed by atoms with Crippen LogP contribution in [0.3, 0.4) is 0 Å². The molecule has 0 spiro atoms. The second-order valence-electron chi connectivity index (χ2n) is 3.61. The Morgan fingerprint density at radius 1 is 1.12 bits per heavy atom. The maximum absolute atomic E-state index is 10.1. The third-order valence-electron chi connectivity index (χ3n) is 2.37. The van der Waals surface area contributed by atoms with Crippen molar-refractivity contribution >= 4 is 6.29 Å². The van der Waals surface area contributed by atoms with Gasteiger partial charge in [-0.3, -0.25) is 4.79 Å². The molecule has 0 aromatic heterocycles. The van der Waals surface area contributed by atoms with Gasteiger partial charge < -0.3 is 9.84 Å². The van der Waals surface area contributed by atoms with E-state index in [0.717, 1.165) is 12.4 Å². The maximum atomic E-state index is 10.1. The van der Waals surface area contributed by atoms with Crippen molar-refractivity contribution in [2.75, 3.05) is 0 Å². The molecule has 17 heavy (non-hydrogen) atoms. The summed E-state index contributed by atoms with van der Waals surface area (Å²) in [5.41, 5.74) is 1.61. The fourth-order valence-corrected chi connectivity index (χ4v) is 1.48. The van der Waals surface area contributed by atoms with E-state index in [9.17, 15) is 4.79 Å². The van der Waals surface area contributed by atoms with Crippen LogP contribution in [0, 0.1) is 0 Å². The van der Waals surface area contributed by atoms with Crippen LogP contribution in [0.1, 0.15) is 15.9 Å². The van der Waals surface area contributed by atoms with Gasteiger partial charge in [0.15, 0.2) is 6.29 Å². The van der Waals surface area contributed by atoms with E-state index in [-0.39, 0.29) is 5.75 Å². The van der Waals surface area contributed by atoms with E-state index < -0.39 is 0 Å². The first-order valence-electron chi connectivity index (χ1n) is 5.24. The molecule has 0 unspecified atom stereocenters. The van der Waals surface area contributed by atoms with Gasteiger partial charge in [-0.1, -0.05) is 24.3 Å². The molecule has 0 aliphatic carbocycles. The van der Waals surface area contributed by atoms with Crippen LogP contribution in [0.25, 0.3) is 0 Å². The number of aromatic hydroxyl groups is 1. The van der Waals surface area contributed by atoms with Crippen molar-refractivity contribution in [1.29, 1.82) is 0 Å². The topological polar surface area (TPSA) is 46.5 Å². The molecule has 0 fully saturated rings. The first kappa shape index (κ1) is 11.2. The largest absolute Gasteiger partial charge is 0.507 e. The Labute approximate surface area is 99.3 Å². The first-order valence-corrected chi connectivity index (χ1v) is 5.24. The van der Waals surface area contributed by atoms with Gasteiger partial charge >= 0.3 is 0 Å². The number of fused-ring (bicyclic) bond motifs is 2. The molecule has 2 aromatic carbocycles. The highest BCUT2D eigenvalue weighted by Crippen LogP contribution is 2.20. The Balaban J connectivity index is 0.000000127. The number of hydrogen-bond acceptors (Lipinski definition) is 3. The van der Waals surface area contributed by atoms with Crippen molar-refractivity contribution in [3.63, 3.8) is 0 Å². The van der Waals surface area contributed by atoms with Gasteiger partial charge in [-0.05, 0) is 29.8 Å². The lowest BCUT2D eigenvalue weighted by Crippen LogP contribution is -1.80. The lowest BCUT2D eigenvalue weighted by atomic mass is 10.2. The molecule has 86 valence electrons. The number of hydrogen-bond donors (Lipinski definition) is 1. The fourth-order valence-electron chi connectivity index (χ4n) is 1.48. The van der Waals surface area contributed by atoms with E-state index in [4.69, 9.17) is 9.84 Å². The van der Waals surface area contributed by atoms with E-state index in [1.165, 1.54) is 11.6 Å². The van der Waals surface area contributed by atoms with Crippen LogP contribution in [0.2, 0.25) is 0 Å². The van der Waals surface area contributed by atoms with Crippen molar-refractivity contribution in [1.82, 2.24) is 0 Å². The van der Waals surface area contributed by atoms with E-state index in [2.05, 4.69) is 12.1 Å². The number of ether oxygens (including phenoxy) is 1. The summed E-state index contributed by atoms with van der Waals surface area (Å²) in [4.78, 5) is 10.1. The summed E-state index contributed by atoms with van der Waals surface area (Å²) in [6.45, 7) is 0.766. The Morgan fingerprint density at radius 3 is 2.53 bits per heavy atom. The molecule has 0 atom stereocenters. The fraction of sp³-hybridized carbons (Fsp3) is 0.0714. The number of carbonyl (C=O) groups excluding carboxylic acids is 1. The van der Waals surface area contributed by atoms with Crippen molar-refractivity contribution in [2.45, 2.75) is 6.61 Å². The summed E-state index contributed by atoms with van der Waals surface area (Å²) in [7, 11) is 0. The minimum Gasteiger partial charge on any atom is -0.507 e. The number of para-hydroxylation sites is 1. The number of benzene rings is 2. The molecule has 1 heterocycles. The predicted octanol–water partition coefficient (Wildman–Crippen LogP) is 2.78. The molecule has 0 saturated carbocycles. The van der Waals surface area contributed by atoms with E-state index in [0.29, 0.717) is 11.8 Å². The lowest BCUT2D eigenvalue weighted by molar-refractivity contribution is 0.112. The molecule has 0 saturated heterocycles. The highest BCUT2D eigenvalue weighted by atomic mass is 16.5. The normalized spacial score (nSPS) is 11.1. The molecular weight excluding hydrogens is 216 g/mol. The zero-order chi connectivity index (χ0) is 12.1. The number of rotatable bonds is 1. The molecule has 3 heteroatoms. The molecule has 0 radical (unpaired) electrons. The van der Waals surface area contributed by atoms with Gasteiger partial charge in [-0.15, -0.1) is 0 Å². The standard InChI is InChI=1S/C7H6O2.C7H6O/c8-5-6-3-1-2-4-7(6)9;1-2-6-4-7(3-1)8-5-6/h1-5,9H;1-4H,5H2.